The number of amides is 2. The number of aryl methyl sites for hydroxylation is 1. The Bertz CT molecular complexity index is 881. The van der Waals surface area contributed by atoms with Crippen LogP contribution in [0.15, 0.2) is 42.5 Å². The number of carbonyl (C=O) groups excluding carboxylic acids is 2. The largest absolute Gasteiger partial charge is 0.493 e. The zero-order valence-electron chi connectivity index (χ0n) is 15.1. The summed E-state index contributed by atoms with van der Waals surface area (Å²) in [7, 11) is 0. The van der Waals surface area contributed by atoms with Crippen molar-refractivity contribution in [3.8, 4) is 5.75 Å². The molecule has 5 nitrogen and oxygen atoms in total. The van der Waals surface area contributed by atoms with Gasteiger partial charge in [-0.25, -0.2) is 0 Å². The molecule has 2 amide bonds. The minimum atomic E-state index is -0.357. The number of hydrogen-bond acceptors (Lipinski definition) is 3. The van der Waals surface area contributed by atoms with Gasteiger partial charge in [-0.15, -0.1) is 0 Å². The molecule has 0 spiro atoms. The average molecular weight is 385 g/mol. The number of hydrogen-bond donors (Lipinski definition) is 1. The molecule has 0 bridgehead atoms. The van der Waals surface area contributed by atoms with Crippen LogP contribution < -0.4 is 15.0 Å². The second-order valence-electron chi connectivity index (χ2n) is 7.12. The van der Waals surface area contributed by atoms with Crippen LogP contribution in [0.3, 0.4) is 0 Å². The molecule has 2 heterocycles. The number of nitrogens with one attached hydrogen (secondary N) is 1. The molecule has 2 atom stereocenters. The Morgan fingerprint density at radius 1 is 1.22 bits per heavy atom. The molecule has 0 aromatic heterocycles. The van der Waals surface area contributed by atoms with Crippen molar-refractivity contribution in [1.82, 2.24) is 5.32 Å². The number of rotatable bonds is 3. The third kappa shape index (κ3) is 3.65. The summed E-state index contributed by atoms with van der Waals surface area (Å²) in [5.74, 6) is 0.272. The Labute approximate surface area is 163 Å². The zero-order chi connectivity index (χ0) is 19.0. The highest BCUT2D eigenvalue weighted by Gasteiger charge is 2.36. The van der Waals surface area contributed by atoms with Gasteiger partial charge in [0.15, 0.2) is 0 Å². The highest BCUT2D eigenvalue weighted by Crippen LogP contribution is 2.34. The molecule has 27 heavy (non-hydrogen) atoms. The van der Waals surface area contributed by atoms with E-state index in [0.717, 1.165) is 22.6 Å². The maximum Gasteiger partial charge on any atom is 0.227 e. The first-order valence-electron chi connectivity index (χ1n) is 9.11. The maximum absolute atomic E-state index is 12.8. The van der Waals surface area contributed by atoms with Gasteiger partial charge in [0, 0.05) is 35.7 Å². The normalized spacial score (nSPS) is 21.6. The van der Waals surface area contributed by atoms with Gasteiger partial charge in [-0.3, -0.25) is 9.59 Å². The predicted molar refractivity (Wildman–Crippen MR) is 104 cm³/mol. The minimum absolute atomic E-state index is 0.0191. The highest BCUT2D eigenvalue weighted by molar-refractivity contribution is 6.30. The Morgan fingerprint density at radius 2 is 2.00 bits per heavy atom. The summed E-state index contributed by atoms with van der Waals surface area (Å²) in [4.78, 5) is 26.9. The number of benzene rings is 2. The number of anilines is 1. The Hall–Kier alpha value is -2.53. The molecule has 2 unspecified atom stereocenters. The standard InChI is InChI=1S/C21H21ClN2O3/c1-13-2-5-16(6-3-13)24-12-14(10-20(24)25)21(26)23-18-8-9-27-19-7-4-15(22)11-17(18)19/h2-7,11,14,18H,8-10,12H2,1H3,(H,23,26). The predicted octanol–water partition coefficient (Wildman–Crippen LogP) is 3.64. The molecule has 1 fully saturated rings. The van der Waals surface area contributed by atoms with Crippen molar-refractivity contribution in [3.05, 3.63) is 58.6 Å². The van der Waals surface area contributed by atoms with Gasteiger partial charge < -0.3 is 15.0 Å². The summed E-state index contributed by atoms with van der Waals surface area (Å²) in [6, 6.07) is 13.1. The van der Waals surface area contributed by atoms with Crippen LogP contribution in [0.25, 0.3) is 0 Å². The Morgan fingerprint density at radius 3 is 2.78 bits per heavy atom. The van der Waals surface area contributed by atoms with E-state index < -0.39 is 0 Å². The third-order valence-electron chi connectivity index (χ3n) is 5.17. The van der Waals surface area contributed by atoms with E-state index in [1.807, 2.05) is 43.3 Å². The molecule has 2 aliphatic rings. The summed E-state index contributed by atoms with van der Waals surface area (Å²) >= 11 is 6.10. The molecule has 6 heteroatoms. The van der Waals surface area contributed by atoms with Crippen LogP contribution in [0, 0.1) is 12.8 Å². The topological polar surface area (TPSA) is 58.6 Å². The van der Waals surface area contributed by atoms with Crippen LogP contribution in [-0.4, -0.2) is 25.0 Å². The fraction of sp³-hybridized carbons (Fsp3) is 0.333. The molecule has 1 saturated heterocycles. The molecule has 140 valence electrons. The van der Waals surface area contributed by atoms with Crippen molar-refractivity contribution in [1.29, 1.82) is 0 Å². The molecular formula is C21H21ClN2O3. The molecule has 1 N–H and O–H groups in total. The molecule has 2 aromatic carbocycles. The molecule has 0 saturated carbocycles. The van der Waals surface area contributed by atoms with Crippen molar-refractivity contribution >= 4 is 29.1 Å². The highest BCUT2D eigenvalue weighted by atomic mass is 35.5. The lowest BCUT2D eigenvalue weighted by molar-refractivity contribution is -0.127. The molecule has 0 radical (unpaired) electrons. The van der Waals surface area contributed by atoms with Gasteiger partial charge in [0.05, 0.1) is 18.6 Å². The average Bonchev–Trinajstić information content (AvgIpc) is 3.05. The van der Waals surface area contributed by atoms with E-state index in [1.165, 1.54) is 0 Å². The smallest absolute Gasteiger partial charge is 0.227 e. The van der Waals surface area contributed by atoms with E-state index in [0.29, 0.717) is 24.6 Å². The lowest BCUT2D eigenvalue weighted by Gasteiger charge is -2.27. The molecule has 0 aliphatic carbocycles. The van der Waals surface area contributed by atoms with Crippen molar-refractivity contribution in [2.45, 2.75) is 25.8 Å². The fourth-order valence-electron chi connectivity index (χ4n) is 3.66. The van der Waals surface area contributed by atoms with E-state index in [2.05, 4.69) is 5.32 Å². The van der Waals surface area contributed by atoms with Crippen LogP contribution in [-0.2, 0) is 9.59 Å². The first-order chi connectivity index (χ1) is 13.0. The Kier molecular flexibility index (Phi) is 4.79. The molecule has 4 rings (SSSR count). The minimum Gasteiger partial charge on any atom is -0.493 e. The monoisotopic (exact) mass is 384 g/mol. The van der Waals surface area contributed by atoms with E-state index in [4.69, 9.17) is 16.3 Å². The zero-order valence-corrected chi connectivity index (χ0v) is 15.8. The fourth-order valence-corrected chi connectivity index (χ4v) is 3.84. The molecule has 2 aliphatic heterocycles. The van der Waals surface area contributed by atoms with Crippen LogP contribution in [0.4, 0.5) is 5.69 Å². The van der Waals surface area contributed by atoms with Crippen molar-refractivity contribution in [2.24, 2.45) is 5.92 Å². The van der Waals surface area contributed by atoms with Crippen LogP contribution in [0.2, 0.25) is 5.02 Å². The van der Waals surface area contributed by atoms with Crippen LogP contribution in [0.5, 0.6) is 5.75 Å². The van der Waals surface area contributed by atoms with E-state index in [9.17, 15) is 9.59 Å². The number of nitrogens with zero attached hydrogens (tertiary/aromatic N) is 1. The summed E-state index contributed by atoms with van der Waals surface area (Å²) in [5.41, 5.74) is 2.86. The van der Waals surface area contributed by atoms with Gasteiger partial charge in [-0.05, 0) is 37.3 Å². The number of ether oxygens (including phenoxy) is 1. The van der Waals surface area contributed by atoms with Crippen molar-refractivity contribution in [2.75, 3.05) is 18.1 Å². The summed E-state index contributed by atoms with van der Waals surface area (Å²) in [6.45, 7) is 2.95. The van der Waals surface area contributed by atoms with Crippen LogP contribution >= 0.6 is 11.6 Å². The first-order valence-corrected chi connectivity index (χ1v) is 9.49. The van der Waals surface area contributed by atoms with E-state index in [1.54, 1.807) is 11.0 Å². The van der Waals surface area contributed by atoms with Gasteiger partial charge >= 0.3 is 0 Å². The number of carbonyl (C=O) groups is 2. The summed E-state index contributed by atoms with van der Waals surface area (Å²) in [5, 5.41) is 3.70. The van der Waals surface area contributed by atoms with E-state index in [-0.39, 0.29) is 30.2 Å². The third-order valence-corrected chi connectivity index (χ3v) is 5.40. The lowest BCUT2D eigenvalue weighted by Crippen LogP contribution is -2.37. The summed E-state index contributed by atoms with van der Waals surface area (Å²) in [6.07, 6.45) is 0.909. The lowest BCUT2D eigenvalue weighted by atomic mass is 9.99. The first kappa shape index (κ1) is 17.9. The maximum atomic E-state index is 12.8. The molecule has 2 aromatic rings. The number of halogens is 1. The van der Waals surface area contributed by atoms with Gasteiger partial charge in [0.1, 0.15) is 5.75 Å². The van der Waals surface area contributed by atoms with Gasteiger partial charge in [0.2, 0.25) is 11.8 Å². The quantitative estimate of drug-likeness (QED) is 0.878. The summed E-state index contributed by atoms with van der Waals surface area (Å²) < 4.78 is 5.65. The Balaban J connectivity index is 1.46. The van der Waals surface area contributed by atoms with Crippen LogP contribution in [0.1, 0.15) is 30.0 Å². The number of fused-ring (bicyclic) bond motifs is 1. The molecular weight excluding hydrogens is 364 g/mol. The van der Waals surface area contributed by atoms with Gasteiger partial charge in [0.25, 0.3) is 0 Å². The van der Waals surface area contributed by atoms with E-state index >= 15 is 0 Å². The van der Waals surface area contributed by atoms with Crippen molar-refractivity contribution in [3.63, 3.8) is 0 Å². The van der Waals surface area contributed by atoms with Crippen molar-refractivity contribution < 1.29 is 14.3 Å². The second-order valence-corrected chi connectivity index (χ2v) is 7.56. The van der Waals surface area contributed by atoms with Gasteiger partial charge in [-0.2, -0.15) is 0 Å². The van der Waals surface area contributed by atoms with Gasteiger partial charge in [-0.1, -0.05) is 29.3 Å². The second kappa shape index (κ2) is 7.24. The SMILES string of the molecule is Cc1ccc(N2CC(C(=O)NC3CCOc4ccc(Cl)cc43)CC2=O)cc1.